The number of hydrazone groups is 1. The van der Waals surface area contributed by atoms with E-state index in [1.807, 2.05) is 0 Å². The Morgan fingerprint density at radius 1 is 1.44 bits per heavy atom. The predicted octanol–water partition coefficient (Wildman–Crippen LogP) is -0.0822. The zero-order valence-corrected chi connectivity index (χ0v) is 10.5. The summed E-state index contributed by atoms with van der Waals surface area (Å²) in [6, 6.07) is 0. The zero-order valence-electron chi connectivity index (χ0n) is 10.5. The zero-order chi connectivity index (χ0) is 13.7. The lowest BCUT2D eigenvalue weighted by molar-refractivity contribution is -0.137. The average molecular weight is 255 g/mol. The van der Waals surface area contributed by atoms with Gasteiger partial charge in [-0.3, -0.25) is 14.4 Å². The molecule has 1 heterocycles. The van der Waals surface area contributed by atoms with Crippen molar-refractivity contribution in [2.75, 3.05) is 20.1 Å². The minimum absolute atomic E-state index is 0.0956. The Hall–Kier alpha value is -1.92. The third kappa shape index (κ3) is 3.54. The Bertz CT molecular complexity index is 392. The molecular weight excluding hydrogens is 238 g/mol. The lowest BCUT2D eigenvalue weighted by Gasteiger charge is -2.24. The van der Waals surface area contributed by atoms with Gasteiger partial charge < -0.3 is 10.0 Å². The summed E-state index contributed by atoms with van der Waals surface area (Å²) in [6.07, 6.45) is 0.477. The molecule has 0 fully saturated rings. The second-order valence-corrected chi connectivity index (χ2v) is 3.99. The van der Waals surface area contributed by atoms with Gasteiger partial charge in [0, 0.05) is 33.0 Å². The molecule has 0 atom stereocenters. The SMILES string of the molecule is CCN(CCC(=O)O)C(=O)C1=NN(C)C(=O)CC1. The molecule has 0 spiro atoms. The predicted molar refractivity (Wildman–Crippen MR) is 63.9 cm³/mol. The van der Waals surface area contributed by atoms with Gasteiger partial charge in [0.2, 0.25) is 5.91 Å². The van der Waals surface area contributed by atoms with Crippen LogP contribution in [0.4, 0.5) is 0 Å². The molecule has 0 aromatic rings. The quantitative estimate of drug-likeness (QED) is 0.743. The van der Waals surface area contributed by atoms with E-state index < -0.39 is 5.97 Å². The Morgan fingerprint density at radius 2 is 2.11 bits per heavy atom. The second kappa shape index (κ2) is 6.13. The van der Waals surface area contributed by atoms with Crippen molar-refractivity contribution in [2.24, 2.45) is 5.10 Å². The van der Waals surface area contributed by atoms with E-state index in [1.165, 1.54) is 11.9 Å². The molecule has 1 N–H and O–H groups in total. The molecule has 0 aromatic heterocycles. The summed E-state index contributed by atoms with van der Waals surface area (Å²) in [4.78, 5) is 35.2. The van der Waals surface area contributed by atoms with Crippen LogP contribution in [-0.2, 0) is 14.4 Å². The molecular formula is C11H17N3O4. The van der Waals surface area contributed by atoms with E-state index in [-0.39, 0.29) is 31.2 Å². The standard InChI is InChI=1S/C11H17N3O4/c1-3-14(7-6-10(16)17)11(18)8-4-5-9(15)13(2)12-8/h3-7H2,1-2H3,(H,16,17). The van der Waals surface area contributed by atoms with E-state index in [1.54, 1.807) is 6.92 Å². The number of hydrogen-bond acceptors (Lipinski definition) is 4. The smallest absolute Gasteiger partial charge is 0.305 e. The maximum Gasteiger partial charge on any atom is 0.305 e. The highest BCUT2D eigenvalue weighted by Gasteiger charge is 2.25. The molecule has 0 unspecified atom stereocenters. The summed E-state index contributed by atoms with van der Waals surface area (Å²) in [7, 11) is 1.50. The van der Waals surface area contributed by atoms with Crippen molar-refractivity contribution in [3.63, 3.8) is 0 Å². The van der Waals surface area contributed by atoms with Crippen molar-refractivity contribution < 1.29 is 19.5 Å². The van der Waals surface area contributed by atoms with Crippen LogP contribution in [0.15, 0.2) is 5.10 Å². The fourth-order valence-electron chi connectivity index (χ4n) is 1.64. The van der Waals surface area contributed by atoms with Crippen molar-refractivity contribution in [3.05, 3.63) is 0 Å². The molecule has 0 radical (unpaired) electrons. The van der Waals surface area contributed by atoms with Crippen LogP contribution in [0.2, 0.25) is 0 Å². The van der Waals surface area contributed by atoms with Crippen molar-refractivity contribution in [3.8, 4) is 0 Å². The fraction of sp³-hybridized carbons (Fsp3) is 0.636. The first-order chi connectivity index (χ1) is 8.45. The van der Waals surface area contributed by atoms with Gasteiger partial charge in [0.05, 0.1) is 6.42 Å². The average Bonchev–Trinajstić information content (AvgIpc) is 2.32. The van der Waals surface area contributed by atoms with Crippen LogP contribution in [0, 0.1) is 0 Å². The van der Waals surface area contributed by atoms with Gasteiger partial charge in [-0.15, -0.1) is 0 Å². The monoisotopic (exact) mass is 255 g/mol. The first kappa shape index (κ1) is 14.1. The highest BCUT2D eigenvalue weighted by molar-refractivity contribution is 6.39. The van der Waals surface area contributed by atoms with Crippen LogP contribution in [0.5, 0.6) is 0 Å². The van der Waals surface area contributed by atoms with Crippen molar-refractivity contribution in [1.82, 2.24) is 9.91 Å². The molecule has 0 bridgehead atoms. The Labute approximate surface area is 105 Å². The lowest BCUT2D eigenvalue weighted by atomic mass is 10.1. The summed E-state index contributed by atoms with van der Waals surface area (Å²) in [5.74, 6) is -1.36. The highest BCUT2D eigenvalue weighted by atomic mass is 16.4. The molecule has 0 aromatic carbocycles. The molecule has 7 nitrogen and oxygen atoms in total. The van der Waals surface area contributed by atoms with E-state index in [9.17, 15) is 14.4 Å². The fourth-order valence-corrected chi connectivity index (χ4v) is 1.64. The van der Waals surface area contributed by atoms with Gasteiger partial charge in [0.25, 0.3) is 5.91 Å². The number of carbonyl (C=O) groups excluding carboxylic acids is 2. The maximum atomic E-state index is 12.1. The minimum atomic E-state index is -0.945. The van der Waals surface area contributed by atoms with Gasteiger partial charge >= 0.3 is 5.97 Å². The van der Waals surface area contributed by atoms with Gasteiger partial charge in [-0.05, 0) is 6.92 Å². The van der Waals surface area contributed by atoms with Gasteiger partial charge in [0.15, 0.2) is 0 Å². The van der Waals surface area contributed by atoms with E-state index in [4.69, 9.17) is 5.11 Å². The summed E-state index contributed by atoms with van der Waals surface area (Å²) in [6.45, 7) is 2.35. The second-order valence-electron chi connectivity index (χ2n) is 3.99. The summed E-state index contributed by atoms with van der Waals surface area (Å²) < 4.78 is 0. The molecule has 0 saturated carbocycles. The van der Waals surface area contributed by atoms with Crippen molar-refractivity contribution >= 4 is 23.5 Å². The maximum absolute atomic E-state index is 12.1. The molecule has 18 heavy (non-hydrogen) atoms. The minimum Gasteiger partial charge on any atom is -0.481 e. The summed E-state index contributed by atoms with van der Waals surface area (Å²) in [5, 5.41) is 13.7. The molecule has 1 aliphatic heterocycles. The Balaban J connectivity index is 2.69. The number of carboxylic acids is 1. The van der Waals surface area contributed by atoms with Crippen LogP contribution >= 0.6 is 0 Å². The number of amides is 2. The Morgan fingerprint density at radius 3 is 2.61 bits per heavy atom. The molecule has 1 rings (SSSR count). The number of aliphatic carboxylic acids is 1. The van der Waals surface area contributed by atoms with Gasteiger partial charge in [-0.25, -0.2) is 5.01 Å². The van der Waals surface area contributed by atoms with Crippen LogP contribution in [0.25, 0.3) is 0 Å². The van der Waals surface area contributed by atoms with Crippen LogP contribution in [0.3, 0.4) is 0 Å². The van der Waals surface area contributed by atoms with Gasteiger partial charge in [-0.1, -0.05) is 0 Å². The van der Waals surface area contributed by atoms with E-state index in [0.29, 0.717) is 18.7 Å². The number of rotatable bonds is 5. The van der Waals surface area contributed by atoms with Crippen LogP contribution in [-0.4, -0.2) is 58.6 Å². The highest BCUT2D eigenvalue weighted by Crippen LogP contribution is 2.09. The summed E-state index contributed by atoms with van der Waals surface area (Å²) in [5.41, 5.74) is 0.310. The lowest BCUT2D eigenvalue weighted by Crippen LogP contribution is -2.41. The van der Waals surface area contributed by atoms with Crippen LogP contribution < -0.4 is 0 Å². The Kier molecular flexibility index (Phi) is 4.82. The number of nitrogens with zero attached hydrogens (tertiary/aromatic N) is 3. The number of hydrogen-bond donors (Lipinski definition) is 1. The van der Waals surface area contributed by atoms with Crippen LogP contribution in [0.1, 0.15) is 26.2 Å². The molecule has 0 aliphatic carbocycles. The molecule has 1 aliphatic rings. The third-order valence-corrected chi connectivity index (χ3v) is 2.72. The molecule has 2 amide bonds. The van der Waals surface area contributed by atoms with Gasteiger partial charge in [-0.2, -0.15) is 5.10 Å². The number of carbonyl (C=O) groups is 3. The first-order valence-corrected chi connectivity index (χ1v) is 5.80. The normalized spacial score (nSPS) is 15.3. The molecule has 0 saturated heterocycles. The van der Waals surface area contributed by atoms with Crippen molar-refractivity contribution in [1.29, 1.82) is 0 Å². The van der Waals surface area contributed by atoms with E-state index in [2.05, 4.69) is 5.10 Å². The first-order valence-electron chi connectivity index (χ1n) is 5.80. The van der Waals surface area contributed by atoms with Crippen molar-refractivity contribution in [2.45, 2.75) is 26.2 Å². The van der Waals surface area contributed by atoms with E-state index in [0.717, 1.165) is 5.01 Å². The number of carboxylic acid groups (broad SMARTS) is 1. The molecule has 7 heteroatoms. The third-order valence-electron chi connectivity index (χ3n) is 2.72. The topological polar surface area (TPSA) is 90.3 Å². The molecule has 100 valence electrons. The summed E-state index contributed by atoms with van der Waals surface area (Å²) >= 11 is 0. The van der Waals surface area contributed by atoms with E-state index >= 15 is 0 Å². The largest absolute Gasteiger partial charge is 0.481 e. The van der Waals surface area contributed by atoms with Gasteiger partial charge in [0.1, 0.15) is 5.71 Å².